The Morgan fingerprint density at radius 1 is 1.03 bits per heavy atom. The number of hydrogen-bond acceptors (Lipinski definition) is 4. The average Bonchev–Trinajstić information content (AvgIpc) is 3.49. The predicted molar refractivity (Wildman–Crippen MR) is 137 cm³/mol. The van der Waals surface area contributed by atoms with Crippen LogP contribution in [-0.4, -0.2) is 53.0 Å². The number of carbonyl (C=O) groups excluding carboxylic acids is 1. The zero-order valence-corrected chi connectivity index (χ0v) is 21.0. The van der Waals surface area contributed by atoms with E-state index in [0.29, 0.717) is 25.2 Å². The van der Waals surface area contributed by atoms with Crippen LogP contribution in [-0.2, 0) is 9.59 Å². The maximum Gasteiger partial charge on any atom is 0.309 e. The molecule has 0 radical (unpaired) electrons. The number of fused-ring (bicyclic) bond motifs is 1. The summed E-state index contributed by atoms with van der Waals surface area (Å²) in [4.78, 5) is 30.0. The van der Waals surface area contributed by atoms with Gasteiger partial charge in [-0.25, -0.2) is 4.39 Å². The Morgan fingerprint density at radius 3 is 2.33 bits per heavy atom. The molecule has 2 heterocycles. The number of furan rings is 1. The molecule has 3 aromatic rings. The standard InChI is InChI=1S/C29H35FN2O4/c1-3-5-14-31(15-6-4-2)26(33)19-32-18-24(21-9-12-25-22(17-21)13-16-36-25)27(29(34)35)28(32)20-7-10-23(30)11-8-20/h7-13,16-17,24,27-28H,3-6,14-15,18-19H2,1-2H3,(H,34,35). The fraction of sp³-hybridized carbons (Fsp3) is 0.448. The first-order valence-electron chi connectivity index (χ1n) is 12.9. The van der Waals surface area contributed by atoms with E-state index in [1.807, 2.05) is 34.1 Å². The van der Waals surface area contributed by atoms with Gasteiger partial charge in [-0.1, -0.05) is 44.9 Å². The first-order valence-corrected chi connectivity index (χ1v) is 12.9. The molecule has 1 N–H and O–H groups in total. The van der Waals surface area contributed by atoms with Crippen LogP contribution in [0.2, 0.25) is 0 Å². The summed E-state index contributed by atoms with van der Waals surface area (Å²) in [5, 5.41) is 11.3. The Morgan fingerprint density at radius 2 is 1.69 bits per heavy atom. The molecule has 1 saturated heterocycles. The van der Waals surface area contributed by atoms with Crippen molar-refractivity contribution in [2.24, 2.45) is 5.92 Å². The third-order valence-corrected chi connectivity index (χ3v) is 7.25. The van der Waals surface area contributed by atoms with Gasteiger partial charge in [0.15, 0.2) is 0 Å². The van der Waals surface area contributed by atoms with Crippen molar-refractivity contribution in [1.29, 1.82) is 0 Å². The summed E-state index contributed by atoms with van der Waals surface area (Å²) in [6.45, 7) is 6.16. The number of unbranched alkanes of at least 4 members (excludes halogenated alkanes) is 2. The Labute approximate surface area is 211 Å². The van der Waals surface area contributed by atoms with Gasteiger partial charge in [-0.3, -0.25) is 14.5 Å². The van der Waals surface area contributed by atoms with Gasteiger partial charge < -0.3 is 14.4 Å². The van der Waals surface area contributed by atoms with E-state index in [0.717, 1.165) is 42.2 Å². The number of likely N-dealkylation sites (tertiary alicyclic amines) is 1. The fourth-order valence-electron chi connectivity index (χ4n) is 5.34. The molecule has 0 spiro atoms. The van der Waals surface area contributed by atoms with Gasteiger partial charge in [-0.2, -0.15) is 0 Å². The number of carbonyl (C=O) groups is 2. The normalized spacial score (nSPS) is 20.1. The van der Waals surface area contributed by atoms with Crippen LogP contribution in [0.4, 0.5) is 4.39 Å². The number of halogens is 1. The molecule has 36 heavy (non-hydrogen) atoms. The van der Waals surface area contributed by atoms with Crippen molar-refractivity contribution >= 4 is 22.8 Å². The van der Waals surface area contributed by atoms with E-state index in [4.69, 9.17) is 4.42 Å². The minimum absolute atomic E-state index is 0.0130. The Kier molecular flexibility index (Phi) is 8.41. The molecule has 1 aliphatic rings. The van der Waals surface area contributed by atoms with Crippen molar-refractivity contribution in [3.05, 3.63) is 71.7 Å². The molecule has 0 aliphatic carbocycles. The second-order valence-corrected chi connectivity index (χ2v) is 9.70. The van der Waals surface area contributed by atoms with Gasteiger partial charge in [-0.15, -0.1) is 0 Å². The Hall–Kier alpha value is -3.19. The summed E-state index contributed by atoms with van der Waals surface area (Å²) in [6.07, 6.45) is 5.48. The van der Waals surface area contributed by atoms with E-state index in [2.05, 4.69) is 13.8 Å². The predicted octanol–water partition coefficient (Wildman–Crippen LogP) is 5.84. The third kappa shape index (κ3) is 5.62. The molecule has 6 nitrogen and oxygen atoms in total. The lowest BCUT2D eigenvalue weighted by Crippen LogP contribution is -2.42. The van der Waals surface area contributed by atoms with Gasteiger partial charge >= 0.3 is 5.97 Å². The molecule has 1 fully saturated rings. The number of hydrogen-bond donors (Lipinski definition) is 1. The summed E-state index contributed by atoms with van der Waals surface area (Å²) < 4.78 is 19.2. The van der Waals surface area contributed by atoms with E-state index in [9.17, 15) is 19.1 Å². The smallest absolute Gasteiger partial charge is 0.309 e. The van der Waals surface area contributed by atoms with E-state index >= 15 is 0 Å². The second kappa shape index (κ2) is 11.7. The monoisotopic (exact) mass is 494 g/mol. The summed E-state index contributed by atoms with van der Waals surface area (Å²) in [5.41, 5.74) is 2.34. The number of amides is 1. The van der Waals surface area contributed by atoms with Crippen LogP contribution in [0.15, 0.2) is 59.2 Å². The molecule has 0 saturated carbocycles. The van der Waals surface area contributed by atoms with E-state index < -0.39 is 17.9 Å². The van der Waals surface area contributed by atoms with Gasteiger partial charge in [0, 0.05) is 37.0 Å². The maximum atomic E-state index is 13.7. The molecule has 1 amide bonds. The number of aliphatic carboxylic acids is 1. The Balaban J connectivity index is 1.68. The zero-order chi connectivity index (χ0) is 25.7. The highest BCUT2D eigenvalue weighted by atomic mass is 19.1. The van der Waals surface area contributed by atoms with Crippen molar-refractivity contribution in [2.75, 3.05) is 26.2 Å². The SMILES string of the molecule is CCCCN(CCCC)C(=O)CN1CC(c2ccc3occc3c2)C(C(=O)O)C1c1ccc(F)cc1. The average molecular weight is 495 g/mol. The quantitative estimate of drug-likeness (QED) is 0.362. The molecule has 4 rings (SSSR count). The van der Waals surface area contributed by atoms with Gasteiger partial charge in [0.1, 0.15) is 11.4 Å². The van der Waals surface area contributed by atoms with Crippen molar-refractivity contribution < 1.29 is 23.5 Å². The second-order valence-electron chi connectivity index (χ2n) is 9.70. The summed E-state index contributed by atoms with van der Waals surface area (Å²) in [6, 6.07) is 13.1. The number of carboxylic acid groups (broad SMARTS) is 1. The number of carboxylic acids is 1. The van der Waals surface area contributed by atoms with Crippen LogP contribution in [0.25, 0.3) is 11.0 Å². The molecule has 1 aliphatic heterocycles. The molecule has 3 atom stereocenters. The van der Waals surface area contributed by atoms with Crippen LogP contribution in [0.1, 0.15) is 62.6 Å². The molecular formula is C29H35FN2O4. The lowest BCUT2D eigenvalue weighted by atomic mass is 9.82. The summed E-state index contributed by atoms with van der Waals surface area (Å²) in [5.74, 6) is -2.40. The first kappa shape index (κ1) is 25.9. The van der Waals surface area contributed by atoms with Crippen LogP contribution in [0, 0.1) is 11.7 Å². The van der Waals surface area contributed by atoms with Gasteiger partial charge in [0.2, 0.25) is 5.91 Å². The van der Waals surface area contributed by atoms with Crippen LogP contribution in [0.3, 0.4) is 0 Å². The number of benzene rings is 2. The van der Waals surface area contributed by atoms with E-state index in [-0.39, 0.29) is 24.2 Å². The maximum absolute atomic E-state index is 13.7. The van der Waals surface area contributed by atoms with Crippen LogP contribution < -0.4 is 0 Å². The van der Waals surface area contributed by atoms with Gasteiger partial charge in [0.05, 0.1) is 18.7 Å². The minimum Gasteiger partial charge on any atom is -0.481 e. The highest BCUT2D eigenvalue weighted by Crippen LogP contribution is 2.46. The van der Waals surface area contributed by atoms with Crippen molar-refractivity contribution in [3.8, 4) is 0 Å². The minimum atomic E-state index is -0.926. The highest BCUT2D eigenvalue weighted by Gasteiger charge is 2.48. The van der Waals surface area contributed by atoms with Crippen molar-refractivity contribution in [3.63, 3.8) is 0 Å². The molecule has 0 bridgehead atoms. The van der Waals surface area contributed by atoms with E-state index in [1.165, 1.54) is 12.1 Å². The van der Waals surface area contributed by atoms with Gasteiger partial charge in [-0.05, 0) is 54.3 Å². The zero-order valence-electron chi connectivity index (χ0n) is 21.0. The van der Waals surface area contributed by atoms with Crippen molar-refractivity contribution in [1.82, 2.24) is 9.80 Å². The molecule has 1 aromatic heterocycles. The topological polar surface area (TPSA) is 74.0 Å². The molecule has 3 unspecified atom stereocenters. The Bertz CT molecular complexity index is 1170. The van der Waals surface area contributed by atoms with Crippen molar-refractivity contribution in [2.45, 2.75) is 51.5 Å². The van der Waals surface area contributed by atoms with Gasteiger partial charge in [0.25, 0.3) is 0 Å². The summed E-state index contributed by atoms with van der Waals surface area (Å²) >= 11 is 0. The fourth-order valence-corrected chi connectivity index (χ4v) is 5.34. The first-order chi connectivity index (χ1) is 17.4. The molecule has 7 heteroatoms. The van der Waals surface area contributed by atoms with Crippen LogP contribution >= 0.6 is 0 Å². The number of rotatable bonds is 11. The van der Waals surface area contributed by atoms with Crippen LogP contribution in [0.5, 0.6) is 0 Å². The molecule has 2 aromatic carbocycles. The highest BCUT2D eigenvalue weighted by molar-refractivity contribution is 5.80. The molecule has 192 valence electrons. The summed E-state index contributed by atoms with van der Waals surface area (Å²) in [7, 11) is 0. The largest absolute Gasteiger partial charge is 0.481 e. The number of nitrogens with zero attached hydrogens (tertiary/aromatic N) is 2. The molecular weight excluding hydrogens is 459 g/mol. The lowest BCUT2D eigenvalue weighted by molar-refractivity contribution is -0.144. The third-order valence-electron chi connectivity index (χ3n) is 7.25. The lowest BCUT2D eigenvalue weighted by Gasteiger charge is -2.30. The van der Waals surface area contributed by atoms with E-state index in [1.54, 1.807) is 18.4 Å².